The van der Waals surface area contributed by atoms with Gasteiger partial charge in [0.2, 0.25) is 0 Å². The number of hydrogen-bond acceptors (Lipinski definition) is 4. The summed E-state index contributed by atoms with van der Waals surface area (Å²) in [4.78, 5) is 0. The minimum Gasteiger partial charge on any atom is -0.370 e. The van der Waals surface area contributed by atoms with Gasteiger partial charge in [-0.1, -0.05) is 20.8 Å². The Bertz CT molecular complexity index is 250. The molecule has 0 N–H and O–H groups in total. The fourth-order valence-electron chi connectivity index (χ4n) is 2.38. The van der Waals surface area contributed by atoms with E-state index < -0.39 is 0 Å². The molecule has 0 aromatic rings. The van der Waals surface area contributed by atoms with E-state index in [1.165, 1.54) is 0 Å². The molecule has 0 aliphatic carbocycles. The van der Waals surface area contributed by atoms with Gasteiger partial charge in [-0.25, -0.2) is 0 Å². The molecule has 0 spiro atoms. The molecule has 106 valence electrons. The quantitative estimate of drug-likeness (QED) is 0.676. The van der Waals surface area contributed by atoms with E-state index in [2.05, 4.69) is 20.8 Å². The van der Waals surface area contributed by atoms with Crippen LogP contribution >= 0.6 is 17.0 Å². The van der Waals surface area contributed by atoms with Crippen molar-refractivity contribution in [2.75, 3.05) is 31.7 Å². The van der Waals surface area contributed by atoms with Crippen LogP contribution < -0.4 is 0 Å². The molecule has 0 bridgehead atoms. The lowest BCUT2D eigenvalue weighted by Crippen LogP contribution is -2.32. The molecule has 0 amide bonds. The SMILES string of the molecule is CCPOC1COC2C(OP(CC)CC)COC12. The second kappa shape index (κ2) is 7.47. The van der Waals surface area contributed by atoms with Crippen LogP contribution in [0.1, 0.15) is 20.8 Å². The molecular weight excluding hydrogens is 270 g/mol. The summed E-state index contributed by atoms with van der Waals surface area (Å²) in [6.45, 7) is 7.81. The Hall–Kier alpha value is 0.700. The van der Waals surface area contributed by atoms with Gasteiger partial charge >= 0.3 is 0 Å². The van der Waals surface area contributed by atoms with E-state index in [1.54, 1.807) is 0 Å². The minimum absolute atomic E-state index is 0.0830. The highest BCUT2D eigenvalue weighted by Crippen LogP contribution is 2.42. The molecule has 2 heterocycles. The predicted octanol–water partition coefficient (Wildman–Crippen LogP) is 2.60. The first-order valence-electron chi connectivity index (χ1n) is 6.83. The zero-order chi connectivity index (χ0) is 13.0. The summed E-state index contributed by atoms with van der Waals surface area (Å²) in [6, 6.07) is 0. The Morgan fingerprint density at radius 2 is 1.67 bits per heavy atom. The summed E-state index contributed by atoms with van der Waals surface area (Å²) in [5.74, 6) is 0. The van der Waals surface area contributed by atoms with Crippen molar-refractivity contribution in [3.63, 3.8) is 0 Å². The van der Waals surface area contributed by atoms with Crippen molar-refractivity contribution in [2.24, 2.45) is 0 Å². The zero-order valence-electron chi connectivity index (χ0n) is 11.4. The first-order valence-corrected chi connectivity index (χ1v) is 9.58. The van der Waals surface area contributed by atoms with Crippen LogP contribution in [0.15, 0.2) is 0 Å². The monoisotopic (exact) mass is 294 g/mol. The molecule has 0 saturated carbocycles. The predicted molar refractivity (Wildman–Crippen MR) is 76.1 cm³/mol. The number of fused-ring (bicyclic) bond motifs is 1. The average Bonchev–Trinajstić information content (AvgIpc) is 2.96. The summed E-state index contributed by atoms with van der Waals surface area (Å²) < 4.78 is 23.6. The lowest BCUT2D eigenvalue weighted by molar-refractivity contribution is 0.0261. The Morgan fingerprint density at radius 3 is 2.28 bits per heavy atom. The maximum absolute atomic E-state index is 6.14. The molecule has 18 heavy (non-hydrogen) atoms. The number of ether oxygens (including phenoxy) is 2. The van der Waals surface area contributed by atoms with Gasteiger partial charge in [-0.2, -0.15) is 0 Å². The maximum atomic E-state index is 6.14. The van der Waals surface area contributed by atoms with Crippen LogP contribution in [-0.2, 0) is 18.5 Å². The molecular formula is C12H24O4P2. The van der Waals surface area contributed by atoms with Gasteiger partial charge in [0.25, 0.3) is 0 Å². The van der Waals surface area contributed by atoms with Crippen molar-refractivity contribution < 1.29 is 18.5 Å². The summed E-state index contributed by atoms with van der Waals surface area (Å²) in [6.07, 6.45) is 3.66. The number of hydrogen-bond donors (Lipinski definition) is 0. The van der Waals surface area contributed by atoms with Gasteiger partial charge in [-0.3, -0.25) is 0 Å². The normalized spacial score (nSPS) is 36.0. The van der Waals surface area contributed by atoms with Crippen molar-refractivity contribution >= 4 is 17.0 Å². The van der Waals surface area contributed by atoms with Crippen LogP contribution in [0.25, 0.3) is 0 Å². The van der Waals surface area contributed by atoms with Crippen molar-refractivity contribution in [1.29, 1.82) is 0 Å². The minimum atomic E-state index is -0.315. The molecule has 0 radical (unpaired) electrons. The maximum Gasteiger partial charge on any atom is 0.115 e. The van der Waals surface area contributed by atoms with Crippen LogP contribution in [0, 0.1) is 0 Å². The van der Waals surface area contributed by atoms with Gasteiger partial charge in [0.05, 0.1) is 13.2 Å². The largest absolute Gasteiger partial charge is 0.370 e. The van der Waals surface area contributed by atoms with Gasteiger partial charge in [0, 0.05) is 17.0 Å². The molecule has 2 aliphatic rings. The van der Waals surface area contributed by atoms with E-state index in [9.17, 15) is 0 Å². The topological polar surface area (TPSA) is 36.9 Å². The third kappa shape index (κ3) is 3.42. The first-order chi connectivity index (χ1) is 8.80. The summed E-state index contributed by atoms with van der Waals surface area (Å²) in [5, 5.41) is 0. The molecule has 2 rings (SSSR count). The molecule has 0 aromatic carbocycles. The first kappa shape index (κ1) is 15.1. The standard InChI is InChI=1S/C12H24O4P2/c1-4-17-15-9-7-13-12-10(8-14-11(9)12)16-18(5-2)6-3/h9-12,17H,4-8H2,1-3H3. The van der Waals surface area contributed by atoms with Gasteiger partial charge in [0.1, 0.15) is 24.4 Å². The second-order valence-corrected chi connectivity index (χ2v) is 8.18. The fraction of sp³-hybridized carbons (Fsp3) is 1.00. The van der Waals surface area contributed by atoms with Crippen LogP contribution in [0.4, 0.5) is 0 Å². The Labute approximate surface area is 113 Å². The van der Waals surface area contributed by atoms with E-state index in [1.807, 2.05) is 0 Å². The summed E-state index contributed by atoms with van der Waals surface area (Å²) in [5.41, 5.74) is 0. The number of rotatable bonds is 7. The zero-order valence-corrected chi connectivity index (χ0v) is 13.3. The van der Waals surface area contributed by atoms with E-state index in [0.29, 0.717) is 22.0 Å². The molecule has 6 heteroatoms. The van der Waals surface area contributed by atoms with Crippen molar-refractivity contribution in [3.8, 4) is 0 Å². The molecule has 2 aliphatic heterocycles. The highest BCUT2D eigenvalue weighted by molar-refractivity contribution is 7.52. The Morgan fingerprint density at radius 1 is 1.06 bits per heavy atom. The molecule has 5 unspecified atom stereocenters. The van der Waals surface area contributed by atoms with E-state index >= 15 is 0 Å². The van der Waals surface area contributed by atoms with E-state index in [0.717, 1.165) is 18.5 Å². The lowest BCUT2D eigenvalue weighted by Gasteiger charge is -2.22. The van der Waals surface area contributed by atoms with Gasteiger partial charge in [-0.15, -0.1) is 0 Å². The van der Waals surface area contributed by atoms with Gasteiger partial charge in [0.15, 0.2) is 0 Å². The van der Waals surface area contributed by atoms with Gasteiger partial charge in [-0.05, 0) is 18.5 Å². The Balaban J connectivity index is 1.84. The highest BCUT2D eigenvalue weighted by atomic mass is 31.1. The molecule has 2 saturated heterocycles. The average molecular weight is 294 g/mol. The van der Waals surface area contributed by atoms with Crippen LogP contribution in [0.2, 0.25) is 0 Å². The summed E-state index contributed by atoms with van der Waals surface area (Å²) >= 11 is 0. The van der Waals surface area contributed by atoms with Gasteiger partial charge < -0.3 is 18.5 Å². The van der Waals surface area contributed by atoms with Crippen molar-refractivity contribution in [1.82, 2.24) is 0 Å². The molecule has 4 nitrogen and oxygen atoms in total. The lowest BCUT2D eigenvalue weighted by atomic mass is 10.1. The smallest absolute Gasteiger partial charge is 0.115 e. The molecule has 0 aromatic heterocycles. The molecule has 2 fully saturated rings. The Kier molecular flexibility index (Phi) is 6.27. The van der Waals surface area contributed by atoms with Crippen LogP contribution in [0.3, 0.4) is 0 Å². The van der Waals surface area contributed by atoms with Crippen molar-refractivity contribution in [2.45, 2.75) is 45.2 Å². The van der Waals surface area contributed by atoms with E-state index in [-0.39, 0.29) is 32.6 Å². The molecule has 5 atom stereocenters. The summed E-state index contributed by atoms with van der Waals surface area (Å²) in [7, 11) is 0.232. The van der Waals surface area contributed by atoms with Crippen LogP contribution in [0.5, 0.6) is 0 Å². The van der Waals surface area contributed by atoms with Crippen LogP contribution in [-0.4, -0.2) is 56.1 Å². The second-order valence-electron chi connectivity index (χ2n) is 4.51. The fourth-order valence-corrected chi connectivity index (χ4v) is 4.27. The highest BCUT2D eigenvalue weighted by Gasteiger charge is 2.49. The van der Waals surface area contributed by atoms with Crippen molar-refractivity contribution in [3.05, 3.63) is 0 Å². The third-order valence-electron chi connectivity index (χ3n) is 3.33. The third-order valence-corrected chi connectivity index (χ3v) is 6.07. The van der Waals surface area contributed by atoms with E-state index in [4.69, 9.17) is 18.5 Å².